The fourth-order valence-electron chi connectivity index (χ4n) is 2.80. The van der Waals surface area contributed by atoms with E-state index in [-0.39, 0.29) is 23.7 Å². The monoisotopic (exact) mass is 295 g/mol. The number of carbonyl (C=O) groups excluding carboxylic acids is 1. The number of anilines is 1. The smallest absolute Gasteiger partial charge is 0.308 e. The topological polar surface area (TPSA) is 47.6 Å². The second kappa shape index (κ2) is 7.29. The second-order valence-corrected chi connectivity index (χ2v) is 5.30. The maximum Gasteiger partial charge on any atom is 0.308 e. The molecule has 0 amide bonds. The zero-order valence-corrected chi connectivity index (χ0v) is 12.5. The van der Waals surface area contributed by atoms with Crippen molar-refractivity contribution >= 4 is 11.7 Å². The molecule has 4 nitrogen and oxygen atoms in total. The van der Waals surface area contributed by atoms with E-state index < -0.39 is 0 Å². The Morgan fingerprint density at radius 3 is 2.95 bits per heavy atom. The van der Waals surface area contributed by atoms with Crippen LogP contribution in [0.25, 0.3) is 0 Å². The van der Waals surface area contributed by atoms with Crippen LogP contribution in [0.1, 0.15) is 32.6 Å². The standard InChI is InChI=1S/C16H22FNO3/c1-3-21-16(19)11-5-4-6-13(9-11)18-14-8-7-12(17)10-15(14)20-2/h7-8,10-11,13,18H,3-6,9H2,1-2H3. The molecule has 2 rings (SSSR count). The molecule has 2 unspecified atom stereocenters. The number of hydrogen-bond acceptors (Lipinski definition) is 4. The summed E-state index contributed by atoms with van der Waals surface area (Å²) in [6.45, 7) is 2.24. The van der Waals surface area contributed by atoms with Crippen LogP contribution in [0.15, 0.2) is 18.2 Å². The first-order valence-corrected chi connectivity index (χ1v) is 7.40. The third-order valence-electron chi connectivity index (χ3n) is 3.82. The molecule has 0 saturated heterocycles. The van der Waals surface area contributed by atoms with Gasteiger partial charge >= 0.3 is 5.97 Å². The average molecular weight is 295 g/mol. The fourth-order valence-corrected chi connectivity index (χ4v) is 2.80. The van der Waals surface area contributed by atoms with Crippen LogP contribution < -0.4 is 10.1 Å². The minimum Gasteiger partial charge on any atom is -0.494 e. The molecule has 21 heavy (non-hydrogen) atoms. The summed E-state index contributed by atoms with van der Waals surface area (Å²) in [6.07, 6.45) is 3.57. The molecule has 1 aromatic carbocycles. The molecule has 5 heteroatoms. The summed E-state index contributed by atoms with van der Waals surface area (Å²) in [5.74, 6) is -0.0172. The Balaban J connectivity index is 2.01. The van der Waals surface area contributed by atoms with Gasteiger partial charge in [0.05, 0.1) is 25.3 Å². The third-order valence-corrected chi connectivity index (χ3v) is 3.82. The largest absolute Gasteiger partial charge is 0.494 e. The van der Waals surface area contributed by atoms with Gasteiger partial charge in [-0.25, -0.2) is 4.39 Å². The summed E-state index contributed by atoms with van der Waals surface area (Å²) in [7, 11) is 1.52. The van der Waals surface area contributed by atoms with Crippen molar-refractivity contribution in [2.75, 3.05) is 19.0 Å². The lowest BCUT2D eigenvalue weighted by Gasteiger charge is -2.29. The predicted molar refractivity (Wildman–Crippen MR) is 79.0 cm³/mol. The average Bonchev–Trinajstić information content (AvgIpc) is 2.49. The van der Waals surface area contributed by atoms with Crippen LogP contribution in [0.3, 0.4) is 0 Å². The number of nitrogens with one attached hydrogen (secondary N) is 1. The number of hydrogen-bond donors (Lipinski definition) is 1. The number of methoxy groups -OCH3 is 1. The van der Waals surface area contributed by atoms with Gasteiger partial charge in [0.25, 0.3) is 0 Å². The van der Waals surface area contributed by atoms with Gasteiger partial charge in [0.1, 0.15) is 11.6 Å². The van der Waals surface area contributed by atoms with E-state index in [9.17, 15) is 9.18 Å². The first kappa shape index (κ1) is 15.6. The molecular weight excluding hydrogens is 273 g/mol. The molecule has 1 N–H and O–H groups in total. The van der Waals surface area contributed by atoms with Gasteiger partial charge in [-0.3, -0.25) is 4.79 Å². The summed E-state index contributed by atoms with van der Waals surface area (Å²) < 4.78 is 23.5. The molecule has 1 fully saturated rings. The predicted octanol–water partition coefficient (Wildman–Crippen LogP) is 3.37. The molecule has 0 aliphatic heterocycles. The fraction of sp³-hybridized carbons (Fsp3) is 0.562. The molecule has 1 saturated carbocycles. The number of halogens is 1. The maximum absolute atomic E-state index is 13.2. The molecule has 2 atom stereocenters. The lowest BCUT2D eigenvalue weighted by Crippen LogP contribution is -2.32. The highest BCUT2D eigenvalue weighted by Crippen LogP contribution is 2.31. The van der Waals surface area contributed by atoms with Crippen LogP contribution in [0.4, 0.5) is 10.1 Å². The zero-order valence-electron chi connectivity index (χ0n) is 12.5. The molecular formula is C16H22FNO3. The highest BCUT2D eigenvalue weighted by molar-refractivity contribution is 5.72. The van der Waals surface area contributed by atoms with Gasteiger partial charge in [-0.2, -0.15) is 0 Å². The number of benzene rings is 1. The van der Waals surface area contributed by atoms with Crippen LogP contribution in [-0.2, 0) is 9.53 Å². The van der Waals surface area contributed by atoms with E-state index in [1.54, 1.807) is 6.07 Å². The summed E-state index contributed by atoms with van der Waals surface area (Å²) >= 11 is 0. The Morgan fingerprint density at radius 1 is 1.43 bits per heavy atom. The van der Waals surface area contributed by atoms with Crippen LogP contribution >= 0.6 is 0 Å². The van der Waals surface area contributed by atoms with Crippen LogP contribution in [0, 0.1) is 11.7 Å². The van der Waals surface area contributed by atoms with E-state index in [2.05, 4.69) is 5.32 Å². The van der Waals surface area contributed by atoms with Gasteiger partial charge in [0, 0.05) is 12.1 Å². The zero-order chi connectivity index (χ0) is 15.2. The first-order valence-electron chi connectivity index (χ1n) is 7.40. The SMILES string of the molecule is CCOC(=O)C1CCCC(Nc2ccc(F)cc2OC)C1. The van der Waals surface area contributed by atoms with Crippen molar-refractivity contribution in [3.63, 3.8) is 0 Å². The van der Waals surface area contributed by atoms with Crippen molar-refractivity contribution in [2.45, 2.75) is 38.6 Å². The lowest BCUT2D eigenvalue weighted by atomic mass is 9.85. The molecule has 0 radical (unpaired) electrons. The minimum atomic E-state index is -0.328. The molecule has 1 aliphatic carbocycles. The Morgan fingerprint density at radius 2 is 2.24 bits per heavy atom. The van der Waals surface area contributed by atoms with Gasteiger partial charge in [0.2, 0.25) is 0 Å². The Kier molecular flexibility index (Phi) is 5.42. The van der Waals surface area contributed by atoms with Crippen LogP contribution in [-0.4, -0.2) is 25.7 Å². The van der Waals surface area contributed by atoms with E-state index in [0.29, 0.717) is 12.4 Å². The molecule has 116 valence electrons. The van der Waals surface area contributed by atoms with Crippen molar-refractivity contribution in [3.05, 3.63) is 24.0 Å². The summed E-state index contributed by atoms with van der Waals surface area (Å²) in [5, 5.41) is 3.36. The van der Waals surface area contributed by atoms with Crippen LogP contribution in [0.2, 0.25) is 0 Å². The third kappa shape index (κ3) is 4.09. The Labute approximate surface area is 124 Å². The molecule has 0 heterocycles. The van der Waals surface area contributed by atoms with Crippen LogP contribution in [0.5, 0.6) is 5.75 Å². The maximum atomic E-state index is 13.2. The number of rotatable bonds is 5. The molecule has 0 spiro atoms. The molecule has 0 aromatic heterocycles. The van der Waals surface area contributed by atoms with Crippen molar-refractivity contribution < 1.29 is 18.7 Å². The number of ether oxygens (including phenoxy) is 2. The first-order chi connectivity index (χ1) is 10.1. The van der Waals surface area contributed by atoms with Crippen molar-refractivity contribution in [3.8, 4) is 5.75 Å². The van der Waals surface area contributed by atoms with Gasteiger partial charge in [-0.05, 0) is 38.3 Å². The molecule has 0 bridgehead atoms. The highest BCUT2D eigenvalue weighted by atomic mass is 19.1. The number of esters is 1. The van der Waals surface area contributed by atoms with Gasteiger partial charge in [-0.15, -0.1) is 0 Å². The summed E-state index contributed by atoms with van der Waals surface area (Å²) in [4.78, 5) is 11.8. The summed E-state index contributed by atoms with van der Waals surface area (Å²) in [5.41, 5.74) is 0.758. The highest BCUT2D eigenvalue weighted by Gasteiger charge is 2.28. The van der Waals surface area contributed by atoms with Crippen molar-refractivity contribution in [1.82, 2.24) is 0 Å². The lowest BCUT2D eigenvalue weighted by molar-refractivity contribution is -0.149. The van der Waals surface area contributed by atoms with E-state index in [4.69, 9.17) is 9.47 Å². The normalized spacial score (nSPS) is 21.7. The van der Waals surface area contributed by atoms with Gasteiger partial charge < -0.3 is 14.8 Å². The second-order valence-electron chi connectivity index (χ2n) is 5.30. The molecule has 1 aromatic rings. The summed E-state index contributed by atoms with van der Waals surface area (Å²) in [6, 6.07) is 4.60. The minimum absolute atomic E-state index is 0.0531. The van der Waals surface area contributed by atoms with E-state index in [1.807, 2.05) is 6.92 Å². The van der Waals surface area contributed by atoms with Crippen molar-refractivity contribution in [1.29, 1.82) is 0 Å². The van der Waals surface area contributed by atoms with Gasteiger partial charge in [-0.1, -0.05) is 6.42 Å². The van der Waals surface area contributed by atoms with Crippen molar-refractivity contribution in [2.24, 2.45) is 5.92 Å². The molecule has 1 aliphatic rings. The van der Waals surface area contributed by atoms with E-state index >= 15 is 0 Å². The van der Waals surface area contributed by atoms with E-state index in [0.717, 1.165) is 31.4 Å². The Hall–Kier alpha value is -1.78. The Bertz CT molecular complexity index is 492. The van der Waals surface area contributed by atoms with E-state index in [1.165, 1.54) is 19.2 Å². The number of carbonyl (C=O) groups is 1. The van der Waals surface area contributed by atoms with Gasteiger partial charge in [0.15, 0.2) is 0 Å². The quantitative estimate of drug-likeness (QED) is 0.846.